The summed E-state index contributed by atoms with van der Waals surface area (Å²) in [5.41, 5.74) is 1.03. The van der Waals surface area contributed by atoms with Crippen LogP contribution in [0.1, 0.15) is 31.8 Å². The molecule has 4 heteroatoms. The van der Waals surface area contributed by atoms with Crippen LogP contribution < -0.4 is 5.32 Å². The Labute approximate surface area is 90.8 Å². The molecule has 0 aliphatic carbocycles. The first-order valence-electron chi connectivity index (χ1n) is 5.41. The minimum Gasteiger partial charge on any atom is -0.394 e. The molecule has 0 saturated heterocycles. The van der Waals surface area contributed by atoms with Gasteiger partial charge in [-0.3, -0.25) is 0 Å². The zero-order valence-electron chi connectivity index (χ0n) is 9.62. The maximum Gasteiger partial charge on any atom is 0.130 e. The van der Waals surface area contributed by atoms with Crippen molar-refractivity contribution in [3.05, 3.63) is 17.6 Å². The van der Waals surface area contributed by atoms with Crippen molar-refractivity contribution in [2.75, 3.05) is 11.9 Å². The lowest BCUT2D eigenvalue weighted by Crippen LogP contribution is -2.23. The fourth-order valence-corrected chi connectivity index (χ4v) is 1.37. The molecule has 1 rings (SSSR count). The van der Waals surface area contributed by atoms with Gasteiger partial charge >= 0.3 is 0 Å². The summed E-state index contributed by atoms with van der Waals surface area (Å²) in [7, 11) is 0. The predicted octanol–water partition coefficient (Wildman–Crippen LogP) is 1.53. The Morgan fingerprint density at radius 2 is 2.13 bits per heavy atom. The van der Waals surface area contributed by atoms with Crippen LogP contribution in [-0.4, -0.2) is 27.7 Å². The van der Waals surface area contributed by atoms with Crippen molar-refractivity contribution in [3.8, 4) is 0 Å². The normalized spacial score (nSPS) is 12.5. The third-order valence-electron chi connectivity index (χ3n) is 2.32. The summed E-state index contributed by atoms with van der Waals surface area (Å²) < 4.78 is 0. The summed E-state index contributed by atoms with van der Waals surface area (Å²) >= 11 is 0. The first kappa shape index (κ1) is 11.9. The van der Waals surface area contributed by atoms with Gasteiger partial charge in [-0.1, -0.05) is 13.8 Å². The molecule has 0 spiro atoms. The minimum absolute atomic E-state index is 0.0732. The number of nitrogens with zero attached hydrogens (tertiary/aromatic N) is 2. The number of aryl methyl sites for hydroxylation is 2. The highest BCUT2D eigenvalue weighted by atomic mass is 16.3. The maximum absolute atomic E-state index is 9.08. The van der Waals surface area contributed by atoms with Gasteiger partial charge in [-0.05, 0) is 19.8 Å². The first-order valence-corrected chi connectivity index (χ1v) is 5.41. The average Bonchev–Trinajstić information content (AvgIpc) is 2.25. The highest BCUT2D eigenvalue weighted by Crippen LogP contribution is 2.09. The molecule has 1 aromatic heterocycles. The number of hydrogen-bond donors (Lipinski definition) is 2. The van der Waals surface area contributed by atoms with E-state index in [0.29, 0.717) is 0 Å². The molecule has 0 amide bonds. The molecule has 15 heavy (non-hydrogen) atoms. The average molecular weight is 209 g/mol. The Morgan fingerprint density at radius 3 is 2.67 bits per heavy atom. The van der Waals surface area contributed by atoms with Crippen LogP contribution in [0.2, 0.25) is 0 Å². The number of hydrogen-bond acceptors (Lipinski definition) is 4. The highest BCUT2D eigenvalue weighted by Gasteiger charge is 2.06. The molecule has 1 aromatic rings. The third-order valence-corrected chi connectivity index (χ3v) is 2.32. The SMILES string of the molecule is CCc1cc(NC(CC)CO)nc(C)n1. The molecule has 1 heterocycles. The van der Waals surface area contributed by atoms with Crippen molar-refractivity contribution in [1.82, 2.24) is 9.97 Å². The first-order chi connectivity index (χ1) is 7.19. The standard InChI is InChI=1S/C11H19N3O/c1-4-9-6-11(13-8(3)12-9)14-10(5-2)7-15/h6,10,15H,4-5,7H2,1-3H3,(H,12,13,14). The van der Waals surface area contributed by atoms with E-state index in [4.69, 9.17) is 5.11 Å². The van der Waals surface area contributed by atoms with Gasteiger partial charge in [0.2, 0.25) is 0 Å². The smallest absolute Gasteiger partial charge is 0.130 e. The largest absolute Gasteiger partial charge is 0.394 e. The number of aromatic nitrogens is 2. The van der Waals surface area contributed by atoms with Gasteiger partial charge in [0, 0.05) is 11.8 Å². The molecule has 84 valence electrons. The molecule has 0 aliphatic rings. The summed E-state index contributed by atoms with van der Waals surface area (Å²) in [5.74, 6) is 1.57. The summed E-state index contributed by atoms with van der Waals surface area (Å²) in [5, 5.41) is 12.3. The van der Waals surface area contributed by atoms with Crippen molar-refractivity contribution in [2.45, 2.75) is 39.7 Å². The van der Waals surface area contributed by atoms with Crippen LogP contribution >= 0.6 is 0 Å². The van der Waals surface area contributed by atoms with E-state index in [2.05, 4.69) is 22.2 Å². The van der Waals surface area contributed by atoms with Gasteiger partial charge in [0.05, 0.1) is 12.6 Å². The van der Waals surface area contributed by atoms with Crippen LogP contribution in [-0.2, 0) is 6.42 Å². The molecule has 0 aliphatic heterocycles. The maximum atomic E-state index is 9.08. The second-order valence-corrected chi connectivity index (χ2v) is 3.58. The van der Waals surface area contributed by atoms with Crippen LogP contribution in [0, 0.1) is 6.92 Å². The lowest BCUT2D eigenvalue weighted by molar-refractivity contribution is 0.271. The fourth-order valence-electron chi connectivity index (χ4n) is 1.37. The Morgan fingerprint density at radius 1 is 1.40 bits per heavy atom. The molecule has 2 N–H and O–H groups in total. The number of nitrogens with one attached hydrogen (secondary N) is 1. The van der Waals surface area contributed by atoms with Gasteiger partial charge in [-0.25, -0.2) is 9.97 Å². The van der Waals surface area contributed by atoms with Crippen molar-refractivity contribution in [2.24, 2.45) is 0 Å². The highest BCUT2D eigenvalue weighted by molar-refractivity contribution is 5.37. The summed E-state index contributed by atoms with van der Waals surface area (Å²) in [6.07, 6.45) is 1.77. The molecule has 0 aromatic carbocycles. The van der Waals surface area contributed by atoms with Crippen LogP contribution in [0.3, 0.4) is 0 Å². The number of aliphatic hydroxyl groups excluding tert-OH is 1. The predicted molar refractivity (Wildman–Crippen MR) is 60.9 cm³/mol. The Bertz CT molecular complexity index is 311. The third kappa shape index (κ3) is 3.47. The van der Waals surface area contributed by atoms with Gasteiger partial charge in [0.15, 0.2) is 0 Å². The number of aliphatic hydroxyl groups is 1. The summed E-state index contributed by atoms with van der Waals surface area (Å²) in [6, 6.07) is 2.01. The Hall–Kier alpha value is -1.16. The van der Waals surface area contributed by atoms with E-state index in [1.54, 1.807) is 0 Å². The van der Waals surface area contributed by atoms with Gasteiger partial charge in [-0.2, -0.15) is 0 Å². The van der Waals surface area contributed by atoms with Crippen LogP contribution in [0.5, 0.6) is 0 Å². The number of anilines is 1. The Kier molecular flexibility index (Phi) is 4.49. The summed E-state index contributed by atoms with van der Waals surface area (Å²) in [6.45, 7) is 6.10. The van der Waals surface area contributed by atoms with Crippen molar-refractivity contribution in [1.29, 1.82) is 0 Å². The minimum atomic E-state index is 0.0732. The van der Waals surface area contributed by atoms with Crippen molar-refractivity contribution < 1.29 is 5.11 Å². The molecule has 4 nitrogen and oxygen atoms in total. The molecular weight excluding hydrogens is 190 g/mol. The zero-order valence-corrected chi connectivity index (χ0v) is 9.62. The lowest BCUT2D eigenvalue weighted by Gasteiger charge is -2.15. The molecule has 0 bridgehead atoms. The van der Waals surface area contributed by atoms with Crippen LogP contribution in [0.25, 0.3) is 0 Å². The molecule has 0 radical (unpaired) electrons. The number of rotatable bonds is 5. The van der Waals surface area contributed by atoms with E-state index >= 15 is 0 Å². The zero-order chi connectivity index (χ0) is 11.3. The van der Waals surface area contributed by atoms with Crippen LogP contribution in [0.4, 0.5) is 5.82 Å². The van der Waals surface area contributed by atoms with E-state index in [9.17, 15) is 0 Å². The second-order valence-electron chi connectivity index (χ2n) is 3.58. The molecule has 1 atom stereocenters. The quantitative estimate of drug-likeness (QED) is 0.772. The van der Waals surface area contributed by atoms with Crippen LogP contribution in [0.15, 0.2) is 6.07 Å². The van der Waals surface area contributed by atoms with E-state index in [1.165, 1.54) is 0 Å². The van der Waals surface area contributed by atoms with Crippen molar-refractivity contribution in [3.63, 3.8) is 0 Å². The summed E-state index contributed by atoms with van der Waals surface area (Å²) in [4.78, 5) is 8.58. The molecule has 1 unspecified atom stereocenters. The van der Waals surface area contributed by atoms with E-state index in [-0.39, 0.29) is 12.6 Å². The van der Waals surface area contributed by atoms with Gasteiger partial charge < -0.3 is 10.4 Å². The molecular formula is C11H19N3O. The van der Waals surface area contributed by atoms with E-state index in [0.717, 1.165) is 30.2 Å². The van der Waals surface area contributed by atoms with Crippen molar-refractivity contribution >= 4 is 5.82 Å². The Balaban J connectivity index is 2.79. The fraction of sp³-hybridized carbons (Fsp3) is 0.636. The molecule has 0 fully saturated rings. The van der Waals surface area contributed by atoms with Gasteiger partial charge in [-0.15, -0.1) is 0 Å². The second kappa shape index (κ2) is 5.66. The van der Waals surface area contributed by atoms with E-state index in [1.807, 2.05) is 19.9 Å². The lowest BCUT2D eigenvalue weighted by atomic mass is 10.2. The topological polar surface area (TPSA) is 58.0 Å². The van der Waals surface area contributed by atoms with Gasteiger partial charge in [0.1, 0.15) is 11.6 Å². The molecule has 0 saturated carbocycles. The van der Waals surface area contributed by atoms with Gasteiger partial charge in [0.25, 0.3) is 0 Å². The van der Waals surface area contributed by atoms with E-state index < -0.39 is 0 Å². The monoisotopic (exact) mass is 209 g/mol.